The van der Waals surface area contributed by atoms with Gasteiger partial charge in [-0.25, -0.2) is 4.98 Å². The van der Waals surface area contributed by atoms with E-state index in [2.05, 4.69) is 42.3 Å². The van der Waals surface area contributed by atoms with Crippen LogP contribution in [0.4, 0.5) is 5.69 Å². The van der Waals surface area contributed by atoms with Crippen LogP contribution < -0.4 is 5.32 Å². The van der Waals surface area contributed by atoms with Gasteiger partial charge in [-0.3, -0.25) is 0 Å². The molecule has 0 saturated heterocycles. The number of rotatable bonds is 3. The van der Waals surface area contributed by atoms with Gasteiger partial charge < -0.3 is 5.32 Å². The summed E-state index contributed by atoms with van der Waals surface area (Å²) in [4.78, 5) is 4.09. The van der Waals surface area contributed by atoms with Crippen LogP contribution >= 0.6 is 11.6 Å². The molecule has 0 fully saturated rings. The Morgan fingerprint density at radius 3 is 2.56 bits per heavy atom. The van der Waals surface area contributed by atoms with Crippen LogP contribution in [0.15, 0.2) is 30.5 Å². The minimum atomic E-state index is 0.528. The Balaban J connectivity index is 2.16. The Morgan fingerprint density at radius 2 is 1.89 bits per heavy atom. The number of aryl methyl sites for hydroxylation is 3. The normalized spacial score (nSPS) is 10.4. The topological polar surface area (TPSA) is 24.9 Å². The van der Waals surface area contributed by atoms with Crippen LogP contribution in [0.25, 0.3) is 0 Å². The quantitative estimate of drug-likeness (QED) is 0.834. The second-order valence-electron chi connectivity index (χ2n) is 4.58. The summed E-state index contributed by atoms with van der Waals surface area (Å²) in [7, 11) is 0. The first-order valence-corrected chi connectivity index (χ1v) is 6.37. The number of nitrogens with one attached hydrogen (secondary N) is 1. The molecule has 0 saturated carbocycles. The van der Waals surface area contributed by atoms with E-state index in [0.29, 0.717) is 5.15 Å². The summed E-state index contributed by atoms with van der Waals surface area (Å²) in [6.45, 7) is 7.02. The van der Waals surface area contributed by atoms with Gasteiger partial charge in [-0.2, -0.15) is 0 Å². The van der Waals surface area contributed by atoms with E-state index in [1.54, 1.807) is 6.20 Å². The highest BCUT2D eigenvalue weighted by atomic mass is 35.5. The highest BCUT2D eigenvalue weighted by Gasteiger charge is 2.05. The molecule has 0 aliphatic carbocycles. The van der Waals surface area contributed by atoms with Gasteiger partial charge in [0.1, 0.15) is 0 Å². The lowest BCUT2D eigenvalue weighted by molar-refractivity contribution is 1.10. The highest BCUT2D eigenvalue weighted by Crippen LogP contribution is 2.23. The van der Waals surface area contributed by atoms with E-state index in [1.807, 2.05) is 13.0 Å². The van der Waals surface area contributed by atoms with Crippen LogP contribution in [0.1, 0.15) is 22.3 Å². The summed E-state index contributed by atoms with van der Waals surface area (Å²) in [5.74, 6) is 0. The molecule has 94 valence electrons. The van der Waals surface area contributed by atoms with Crippen LogP contribution in [0.3, 0.4) is 0 Å². The van der Waals surface area contributed by atoms with Crippen molar-refractivity contribution in [2.24, 2.45) is 0 Å². The number of hydrogen-bond acceptors (Lipinski definition) is 2. The monoisotopic (exact) mass is 260 g/mol. The van der Waals surface area contributed by atoms with Crippen LogP contribution in [0, 0.1) is 20.8 Å². The van der Waals surface area contributed by atoms with E-state index in [0.717, 1.165) is 17.8 Å². The predicted molar refractivity (Wildman–Crippen MR) is 77.2 cm³/mol. The molecule has 0 amide bonds. The number of aromatic nitrogens is 1. The molecule has 18 heavy (non-hydrogen) atoms. The maximum absolute atomic E-state index is 6.09. The van der Waals surface area contributed by atoms with Gasteiger partial charge >= 0.3 is 0 Å². The van der Waals surface area contributed by atoms with Crippen molar-refractivity contribution in [1.82, 2.24) is 4.98 Å². The maximum Gasteiger partial charge on any atom is 0.152 e. The Hall–Kier alpha value is -1.54. The van der Waals surface area contributed by atoms with Crippen LogP contribution in [0.2, 0.25) is 5.15 Å². The molecule has 0 atom stereocenters. The van der Waals surface area contributed by atoms with Crippen molar-refractivity contribution < 1.29 is 0 Å². The third-order valence-corrected chi connectivity index (χ3v) is 3.35. The summed E-state index contributed by atoms with van der Waals surface area (Å²) in [5, 5.41) is 3.89. The molecule has 2 nitrogen and oxygen atoms in total. The lowest BCUT2D eigenvalue weighted by Gasteiger charge is -2.12. The lowest BCUT2D eigenvalue weighted by atomic mass is 10.1. The van der Waals surface area contributed by atoms with Crippen molar-refractivity contribution in [2.75, 3.05) is 5.32 Å². The van der Waals surface area contributed by atoms with E-state index >= 15 is 0 Å². The molecular formula is C15H17ClN2. The van der Waals surface area contributed by atoms with Crippen molar-refractivity contribution in [3.05, 3.63) is 57.9 Å². The maximum atomic E-state index is 6.09. The fourth-order valence-corrected chi connectivity index (χ4v) is 2.24. The number of anilines is 1. The molecule has 2 aromatic rings. The van der Waals surface area contributed by atoms with Gasteiger partial charge in [-0.15, -0.1) is 0 Å². The average molecular weight is 261 g/mol. The molecule has 1 heterocycles. The van der Waals surface area contributed by atoms with Gasteiger partial charge in [0.15, 0.2) is 5.15 Å². The van der Waals surface area contributed by atoms with Crippen LogP contribution in [-0.4, -0.2) is 4.98 Å². The molecular weight excluding hydrogens is 244 g/mol. The van der Waals surface area contributed by atoms with Crippen molar-refractivity contribution >= 4 is 17.3 Å². The molecule has 0 radical (unpaired) electrons. The summed E-state index contributed by atoms with van der Waals surface area (Å²) in [6, 6.07) is 8.42. The second-order valence-corrected chi connectivity index (χ2v) is 4.94. The fourth-order valence-electron chi connectivity index (χ4n) is 1.97. The van der Waals surface area contributed by atoms with Crippen LogP contribution in [0.5, 0.6) is 0 Å². The highest BCUT2D eigenvalue weighted by molar-refractivity contribution is 6.32. The van der Waals surface area contributed by atoms with E-state index in [1.165, 1.54) is 16.7 Å². The van der Waals surface area contributed by atoms with Gasteiger partial charge in [-0.05, 0) is 43.5 Å². The molecule has 0 aliphatic heterocycles. The smallest absolute Gasteiger partial charge is 0.152 e. The number of hydrogen-bond donors (Lipinski definition) is 1. The predicted octanol–water partition coefficient (Wildman–Crippen LogP) is 4.27. The van der Waals surface area contributed by atoms with Gasteiger partial charge in [-0.1, -0.05) is 35.4 Å². The zero-order chi connectivity index (χ0) is 13.1. The van der Waals surface area contributed by atoms with E-state index in [4.69, 9.17) is 11.6 Å². The molecule has 3 heteroatoms. The molecule has 2 rings (SSSR count). The van der Waals surface area contributed by atoms with Gasteiger partial charge in [0.2, 0.25) is 0 Å². The zero-order valence-corrected chi connectivity index (χ0v) is 11.7. The Labute approximate surface area is 113 Å². The largest absolute Gasteiger partial charge is 0.378 e. The summed E-state index contributed by atoms with van der Waals surface area (Å²) >= 11 is 6.09. The van der Waals surface area contributed by atoms with E-state index < -0.39 is 0 Å². The number of nitrogens with zero attached hydrogens (tertiary/aromatic N) is 1. The summed E-state index contributed by atoms with van der Waals surface area (Å²) in [6.07, 6.45) is 1.72. The summed E-state index contributed by atoms with van der Waals surface area (Å²) in [5.41, 5.74) is 5.88. The van der Waals surface area contributed by atoms with Crippen molar-refractivity contribution in [3.63, 3.8) is 0 Å². The number of pyridine rings is 1. The van der Waals surface area contributed by atoms with Gasteiger partial charge in [0.05, 0.1) is 5.69 Å². The van der Waals surface area contributed by atoms with E-state index in [9.17, 15) is 0 Å². The first-order chi connectivity index (χ1) is 8.58. The molecule has 1 aromatic heterocycles. The molecule has 0 spiro atoms. The fraction of sp³-hybridized carbons (Fsp3) is 0.267. The minimum absolute atomic E-state index is 0.528. The van der Waals surface area contributed by atoms with Gasteiger partial charge in [0, 0.05) is 12.7 Å². The average Bonchev–Trinajstić information content (AvgIpc) is 2.31. The standard InChI is InChI=1S/C15H17ClN2/c1-10-4-5-13(12(3)8-10)9-18-14-11(2)6-7-17-15(14)16/h4-8,18H,9H2,1-3H3. The lowest BCUT2D eigenvalue weighted by Crippen LogP contribution is -2.04. The number of halogens is 1. The molecule has 0 aliphatic rings. The Bertz CT molecular complexity index is 544. The summed E-state index contributed by atoms with van der Waals surface area (Å²) < 4.78 is 0. The van der Waals surface area contributed by atoms with Crippen molar-refractivity contribution in [3.8, 4) is 0 Å². The Kier molecular flexibility index (Phi) is 3.87. The molecule has 1 aromatic carbocycles. The van der Waals surface area contributed by atoms with Crippen molar-refractivity contribution in [2.45, 2.75) is 27.3 Å². The third kappa shape index (κ3) is 2.82. The third-order valence-electron chi connectivity index (χ3n) is 3.07. The second kappa shape index (κ2) is 5.40. The SMILES string of the molecule is Cc1ccc(CNc2c(C)ccnc2Cl)c(C)c1. The van der Waals surface area contributed by atoms with Crippen molar-refractivity contribution in [1.29, 1.82) is 0 Å². The van der Waals surface area contributed by atoms with E-state index in [-0.39, 0.29) is 0 Å². The first-order valence-electron chi connectivity index (χ1n) is 5.99. The first kappa shape index (κ1) is 12.9. The Morgan fingerprint density at radius 1 is 1.11 bits per heavy atom. The molecule has 0 unspecified atom stereocenters. The number of benzene rings is 1. The van der Waals surface area contributed by atoms with Gasteiger partial charge in [0.25, 0.3) is 0 Å². The minimum Gasteiger partial charge on any atom is -0.378 e. The molecule has 1 N–H and O–H groups in total. The zero-order valence-electron chi connectivity index (χ0n) is 10.9. The molecule has 0 bridgehead atoms. The van der Waals surface area contributed by atoms with Crippen LogP contribution in [-0.2, 0) is 6.54 Å².